The first-order valence-electron chi connectivity index (χ1n) is 8.40. The van der Waals surface area contributed by atoms with Crippen LogP contribution in [-0.4, -0.2) is 30.0 Å². The maximum Gasteiger partial charge on any atom is 0.270 e. The first kappa shape index (κ1) is 18.7. The average Bonchev–Trinajstić information content (AvgIpc) is 3.24. The van der Waals surface area contributed by atoms with Crippen molar-refractivity contribution in [1.82, 2.24) is 0 Å². The Balaban J connectivity index is 0.000000212. The van der Waals surface area contributed by atoms with Gasteiger partial charge in [0.1, 0.15) is 6.07 Å². The molecule has 1 aliphatic heterocycles. The Labute approximate surface area is 146 Å². The summed E-state index contributed by atoms with van der Waals surface area (Å²) in [5.74, 6) is 0.314. The number of primary amides is 1. The summed E-state index contributed by atoms with van der Waals surface area (Å²) in [5.41, 5.74) is 11.5. The summed E-state index contributed by atoms with van der Waals surface area (Å²) in [6.45, 7) is 1.85. The van der Waals surface area contributed by atoms with Gasteiger partial charge in [-0.2, -0.15) is 5.26 Å². The second kappa shape index (κ2) is 8.44. The molecule has 1 amide bonds. The van der Waals surface area contributed by atoms with E-state index >= 15 is 0 Å². The average molecular weight is 345 g/mol. The second-order valence-corrected chi connectivity index (χ2v) is 6.45. The molecule has 8 heteroatoms. The number of carbonyl (C=O) groups is 1. The summed E-state index contributed by atoms with van der Waals surface area (Å²) in [5, 5.41) is 19.6. The van der Waals surface area contributed by atoms with E-state index in [-0.39, 0.29) is 11.6 Å². The highest BCUT2D eigenvalue weighted by Crippen LogP contribution is 2.32. The molecular weight excluding hydrogens is 322 g/mol. The van der Waals surface area contributed by atoms with E-state index in [2.05, 4.69) is 4.90 Å². The second-order valence-electron chi connectivity index (χ2n) is 6.45. The Morgan fingerprint density at radius 2 is 2.04 bits per heavy atom. The summed E-state index contributed by atoms with van der Waals surface area (Å²) in [7, 11) is 0. The zero-order chi connectivity index (χ0) is 18.4. The van der Waals surface area contributed by atoms with Crippen molar-refractivity contribution in [3.05, 3.63) is 33.9 Å². The summed E-state index contributed by atoms with van der Waals surface area (Å²) in [4.78, 5) is 22.6. The Kier molecular flexibility index (Phi) is 6.31. The van der Waals surface area contributed by atoms with E-state index in [9.17, 15) is 14.9 Å². The smallest absolute Gasteiger partial charge is 0.270 e. The lowest BCUT2D eigenvalue weighted by Gasteiger charge is -2.18. The van der Waals surface area contributed by atoms with Gasteiger partial charge in [-0.25, -0.2) is 0 Å². The number of nitrogens with zero attached hydrogens (tertiary/aromatic N) is 3. The van der Waals surface area contributed by atoms with Crippen molar-refractivity contribution < 1.29 is 9.72 Å². The minimum absolute atomic E-state index is 0.0282. The zero-order valence-corrected chi connectivity index (χ0v) is 14.1. The number of nitriles is 1. The molecule has 0 spiro atoms. The van der Waals surface area contributed by atoms with Gasteiger partial charge in [0.15, 0.2) is 0 Å². The summed E-state index contributed by atoms with van der Waals surface area (Å²) >= 11 is 0. The van der Waals surface area contributed by atoms with Gasteiger partial charge in [0, 0.05) is 25.2 Å². The molecule has 1 aliphatic carbocycles. The highest BCUT2D eigenvalue weighted by Gasteiger charge is 2.25. The molecule has 1 aromatic rings. The van der Waals surface area contributed by atoms with Crippen LogP contribution in [-0.2, 0) is 4.79 Å². The van der Waals surface area contributed by atoms with Gasteiger partial charge in [0.25, 0.3) is 5.69 Å². The number of carbonyl (C=O) groups excluding carboxylic acids is 1. The van der Waals surface area contributed by atoms with Crippen molar-refractivity contribution in [2.75, 3.05) is 18.0 Å². The Morgan fingerprint density at radius 1 is 1.40 bits per heavy atom. The summed E-state index contributed by atoms with van der Waals surface area (Å²) < 4.78 is 0. The number of anilines is 1. The topological polar surface area (TPSA) is 139 Å². The van der Waals surface area contributed by atoms with Crippen LogP contribution >= 0.6 is 0 Å². The number of nitro groups is 1. The molecule has 3 rings (SSSR count). The van der Waals surface area contributed by atoms with E-state index in [0.717, 1.165) is 38.0 Å². The molecule has 134 valence electrons. The van der Waals surface area contributed by atoms with Gasteiger partial charge in [0.2, 0.25) is 5.91 Å². The van der Waals surface area contributed by atoms with Crippen LogP contribution < -0.4 is 16.4 Å². The molecule has 0 bridgehead atoms. The summed E-state index contributed by atoms with van der Waals surface area (Å²) in [6, 6.07) is 6.08. The number of rotatable bonds is 5. The molecule has 25 heavy (non-hydrogen) atoms. The molecule has 0 unspecified atom stereocenters. The Bertz CT molecular complexity index is 675. The first-order valence-corrected chi connectivity index (χ1v) is 8.40. The predicted octanol–water partition coefficient (Wildman–Crippen LogP) is 1.67. The third-order valence-electron chi connectivity index (χ3n) is 4.41. The van der Waals surface area contributed by atoms with Crippen molar-refractivity contribution in [2.24, 2.45) is 17.4 Å². The van der Waals surface area contributed by atoms with Crippen molar-refractivity contribution >= 4 is 17.3 Å². The number of nitrogens with two attached hydrogens (primary N) is 2. The highest BCUT2D eigenvalue weighted by atomic mass is 16.6. The molecule has 0 aromatic heterocycles. The van der Waals surface area contributed by atoms with Crippen LogP contribution in [0.25, 0.3) is 0 Å². The first-order chi connectivity index (χ1) is 11.9. The van der Waals surface area contributed by atoms with Crippen LogP contribution in [0.15, 0.2) is 18.2 Å². The monoisotopic (exact) mass is 345 g/mol. The highest BCUT2D eigenvalue weighted by molar-refractivity contribution is 5.79. The van der Waals surface area contributed by atoms with E-state index in [0.29, 0.717) is 11.5 Å². The number of hydrogen-bond donors (Lipinski definition) is 2. The third kappa shape index (κ3) is 5.43. The number of hydrogen-bond acceptors (Lipinski definition) is 6. The molecule has 2 aliphatic rings. The molecular formula is C17H23N5O3. The van der Waals surface area contributed by atoms with Gasteiger partial charge >= 0.3 is 0 Å². The van der Waals surface area contributed by atoms with E-state index in [1.165, 1.54) is 25.0 Å². The van der Waals surface area contributed by atoms with Gasteiger partial charge in [-0.3, -0.25) is 14.9 Å². The standard InChI is InChI=1S/C11H11N3O2.C6H12N2O/c12-8-9-7-10(14(15)16)3-4-11(9)13-5-1-2-6-13;7-5(6(8)9)3-4-1-2-4/h3-4,7H,1-2,5-6H2;4-5H,1-3,7H2,(H2,8,9)/t;5-/m.0/s1. The minimum atomic E-state index is -0.478. The predicted molar refractivity (Wildman–Crippen MR) is 93.8 cm³/mol. The molecule has 4 N–H and O–H groups in total. The number of benzene rings is 1. The fourth-order valence-corrected chi connectivity index (χ4v) is 2.79. The Morgan fingerprint density at radius 3 is 2.52 bits per heavy atom. The van der Waals surface area contributed by atoms with Crippen molar-refractivity contribution in [2.45, 2.75) is 38.1 Å². The van der Waals surface area contributed by atoms with Crippen LogP contribution in [0.1, 0.15) is 37.7 Å². The van der Waals surface area contributed by atoms with Crippen LogP contribution in [0.3, 0.4) is 0 Å². The molecule has 1 heterocycles. The Hall–Kier alpha value is -2.66. The van der Waals surface area contributed by atoms with Crippen molar-refractivity contribution in [3.63, 3.8) is 0 Å². The number of amides is 1. The lowest BCUT2D eigenvalue weighted by Crippen LogP contribution is -2.36. The summed E-state index contributed by atoms with van der Waals surface area (Å²) in [6.07, 6.45) is 5.46. The SMILES string of the molecule is N#Cc1cc([N+](=O)[O-])ccc1N1CCCC1.NC(=O)[C@@H](N)CC1CC1. The largest absolute Gasteiger partial charge is 0.370 e. The minimum Gasteiger partial charge on any atom is -0.370 e. The van der Waals surface area contributed by atoms with E-state index in [4.69, 9.17) is 16.7 Å². The van der Waals surface area contributed by atoms with Gasteiger partial charge < -0.3 is 16.4 Å². The molecule has 8 nitrogen and oxygen atoms in total. The van der Waals surface area contributed by atoms with Crippen LogP contribution in [0.4, 0.5) is 11.4 Å². The maximum absolute atomic E-state index is 10.6. The fourth-order valence-electron chi connectivity index (χ4n) is 2.79. The number of nitro benzene ring substituents is 1. The van der Waals surface area contributed by atoms with Gasteiger partial charge in [-0.15, -0.1) is 0 Å². The molecule has 1 aromatic carbocycles. The quantitative estimate of drug-likeness (QED) is 0.614. The molecule has 1 saturated heterocycles. The van der Waals surface area contributed by atoms with Gasteiger partial charge in [0.05, 0.1) is 22.2 Å². The van der Waals surface area contributed by atoms with Crippen LogP contribution in [0, 0.1) is 27.4 Å². The van der Waals surface area contributed by atoms with E-state index < -0.39 is 11.0 Å². The van der Waals surface area contributed by atoms with Crippen molar-refractivity contribution in [3.8, 4) is 6.07 Å². The lowest BCUT2D eigenvalue weighted by molar-refractivity contribution is -0.384. The molecule has 2 fully saturated rings. The van der Waals surface area contributed by atoms with Gasteiger partial charge in [-0.05, 0) is 31.2 Å². The maximum atomic E-state index is 10.6. The fraction of sp³-hybridized carbons (Fsp3) is 0.529. The molecule has 0 radical (unpaired) electrons. The molecule has 1 atom stereocenters. The van der Waals surface area contributed by atoms with Crippen molar-refractivity contribution in [1.29, 1.82) is 5.26 Å². The van der Waals surface area contributed by atoms with Crippen LogP contribution in [0.2, 0.25) is 0 Å². The van der Waals surface area contributed by atoms with E-state index in [1.807, 2.05) is 6.07 Å². The number of non-ortho nitro benzene ring substituents is 1. The van der Waals surface area contributed by atoms with Gasteiger partial charge in [-0.1, -0.05) is 12.8 Å². The molecule has 1 saturated carbocycles. The zero-order valence-electron chi connectivity index (χ0n) is 14.1. The lowest BCUT2D eigenvalue weighted by atomic mass is 10.1. The van der Waals surface area contributed by atoms with Crippen LogP contribution in [0.5, 0.6) is 0 Å². The third-order valence-corrected chi connectivity index (χ3v) is 4.41. The normalized spacial score (nSPS) is 17.2. The van der Waals surface area contributed by atoms with E-state index in [1.54, 1.807) is 6.07 Å².